The molecular formula is C21H31N3O2. The number of likely N-dealkylation sites (tertiary alicyclic amines) is 1. The fourth-order valence-electron chi connectivity index (χ4n) is 3.74. The number of nitrogens with zero attached hydrogens (tertiary/aromatic N) is 2. The molecule has 0 saturated carbocycles. The van der Waals surface area contributed by atoms with Crippen LogP contribution < -0.4 is 9.47 Å². The second kappa shape index (κ2) is 9.08. The van der Waals surface area contributed by atoms with Gasteiger partial charge >= 0.3 is 0 Å². The first-order chi connectivity index (χ1) is 12.7. The number of aryl methyl sites for hydroxylation is 1. The first-order valence-electron chi connectivity index (χ1n) is 9.82. The van der Waals surface area contributed by atoms with E-state index < -0.39 is 0 Å². The number of rotatable bonds is 8. The number of benzene rings is 1. The molecule has 1 fully saturated rings. The van der Waals surface area contributed by atoms with E-state index in [1.165, 1.54) is 29.7 Å². The summed E-state index contributed by atoms with van der Waals surface area (Å²) in [5.74, 6) is 2.40. The van der Waals surface area contributed by atoms with Gasteiger partial charge in [0.15, 0.2) is 11.5 Å². The Balaban J connectivity index is 1.65. The first kappa shape index (κ1) is 18.8. The van der Waals surface area contributed by atoms with Gasteiger partial charge in [-0.15, -0.1) is 0 Å². The van der Waals surface area contributed by atoms with Crippen LogP contribution in [0.3, 0.4) is 0 Å². The van der Waals surface area contributed by atoms with E-state index in [4.69, 9.17) is 9.47 Å². The van der Waals surface area contributed by atoms with Crippen LogP contribution in [0.1, 0.15) is 55.8 Å². The van der Waals surface area contributed by atoms with Crippen LogP contribution in [0, 0.1) is 6.92 Å². The predicted octanol–water partition coefficient (Wildman–Crippen LogP) is 4.29. The summed E-state index contributed by atoms with van der Waals surface area (Å²) in [6.07, 6.45) is 5.35. The summed E-state index contributed by atoms with van der Waals surface area (Å²) < 4.78 is 11.8. The lowest BCUT2D eigenvalue weighted by atomic mass is 9.90. The van der Waals surface area contributed by atoms with E-state index in [9.17, 15) is 0 Å². The molecule has 0 radical (unpaired) electrons. The molecule has 1 aliphatic rings. The van der Waals surface area contributed by atoms with Gasteiger partial charge in [-0.2, -0.15) is 5.10 Å². The molecule has 1 aromatic carbocycles. The number of aromatic amines is 1. The molecule has 0 spiro atoms. The highest BCUT2D eigenvalue weighted by atomic mass is 16.5. The number of ether oxygens (including phenoxy) is 2. The Morgan fingerprint density at radius 3 is 2.65 bits per heavy atom. The van der Waals surface area contributed by atoms with E-state index in [1.807, 2.05) is 19.2 Å². The van der Waals surface area contributed by atoms with Crippen molar-refractivity contribution in [2.75, 3.05) is 26.3 Å². The van der Waals surface area contributed by atoms with Gasteiger partial charge in [0.1, 0.15) is 0 Å². The van der Waals surface area contributed by atoms with Gasteiger partial charge in [0.05, 0.1) is 19.4 Å². The molecule has 0 bridgehead atoms. The fourth-order valence-corrected chi connectivity index (χ4v) is 3.74. The van der Waals surface area contributed by atoms with Crippen LogP contribution in [0.5, 0.6) is 11.5 Å². The molecule has 2 aromatic rings. The lowest BCUT2D eigenvalue weighted by Gasteiger charge is -2.32. The monoisotopic (exact) mass is 357 g/mol. The summed E-state index contributed by atoms with van der Waals surface area (Å²) in [6.45, 7) is 10.7. The number of hydrogen-bond acceptors (Lipinski definition) is 4. The molecule has 26 heavy (non-hydrogen) atoms. The molecule has 0 aliphatic carbocycles. The summed E-state index contributed by atoms with van der Waals surface area (Å²) in [6, 6.07) is 6.24. The second-order valence-corrected chi connectivity index (χ2v) is 7.03. The van der Waals surface area contributed by atoms with Gasteiger partial charge in [-0.3, -0.25) is 10.00 Å². The van der Waals surface area contributed by atoms with Crippen LogP contribution >= 0.6 is 0 Å². The van der Waals surface area contributed by atoms with Crippen LogP contribution in [-0.2, 0) is 6.54 Å². The molecule has 1 aliphatic heterocycles. The van der Waals surface area contributed by atoms with Gasteiger partial charge in [0, 0.05) is 17.8 Å². The molecule has 5 heteroatoms. The minimum atomic E-state index is 0.621. The van der Waals surface area contributed by atoms with Crippen molar-refractivity contribution in [2.45, 2.75) is 52.5 Å². The zero-order chi connectivity index (χ0) is 18.4. The Bertz CT molecular complexity index is 690. The zero-order valence-electron chi connectivity index (χ0n) is 16.3. The Morgan fingerprint density at radius 2 is 2.00 bits per heavy atom. The highest BCUT2D eigenvalue weighted by Gasteiger charge is 2.24. The third kappa shape index (κ3) is 4.39. The molecule has 142 valence electrons. The van der Waals surface area contributed by atoms with Crippen molar-refractivity contribution in [1.29, 1.82) is 0 Å². The van der Waals surface area contributed by atoms with E-state index in [2.05, 4.69) is 41.1 Å². The first-order valence-corrected chi connectivity index (χ1v) is 9.82. The van der Waals surface area contributed by atoms with Crippen molar-refractivity contribution in [1.82, 2.24) is 15.1 Å². The van der Waals surface area contributed by atoms with Crippen molar-refractivity contribution >= 4 is 0 Å². The number of aromatic nitrogens is 2. The molecule has 3 rings (SSSR count). The minimum Gasteiger partial charge on any atom is -0.490 e. The van der Waals surface area contributed by atoms with E-state index in [-0.39, 0.29) is 0 Å². The van der Waals surface area contributed by atoms with Gasteiger partial charge in [0.25, 0.3) is 0 Å². The van der Waals surface area contributed by atoms with Gasteiger partial charge in [0.2, 0.25) is 0 Å². The summed E-state index contributed by atoms with van der Waals surface area (Å²) in [5.41, 5.74) is 3.82. The lowest BCUT2D eigenvalue weighted by molar-refractivity contribution is 0.199. The van der Waals surface area contributed by atoms with Crippen LogP contribution in [0.4, 0.5) is 0 Å². The molecular weight excluding hydrogens is 326 g/mol. The van der Waals surface area contributed by atoms with Gasteiger partial charge < -0.3 is 9.47 Å². The molecule has 1 saturated heterocycles. The largest absolute Gasteiger partial charge is 0.490 e. The maximum absolute atomic E-state index is 6.04. The third-order valence-corrected chi connectivity index (χ3v) is 5.10. The zero-order valence-corrected chi connectivity index (χ0v) is 16.3. The Hall–Kier alpha value is -2.01. The Kier molecular flexibility index (Phi) is 6.56. The van der Waals surface area contributed by atoms with Crippen molar-refractivity contribution in [3.05, 3.63) is 41.2 Å². The van der Waals surface area contributed by atoms with Crippen molar-refractivity contribution in [3.63, 3.8) is 0 Å². The topological polar surface area (TPSA) is 50.4 Å². The molecule has 2 heterocycles. The average Bonchev–Trinajstić information content (AvgIpc) is 3.08. The Morgan fingerprint density at radius 1 is 1.19 bits per heavy atom. The highest BCUT2D eigenvalue weighted by Crippen LogP contribution is 2.34. The number of piperidine rings is 1. The van der Waals surface area contributed by atoms with Crippen LogP contribution in [0.25, 0.3) is 0 Å². The van der Waals surface area contributed by atoms with Crippen LogP contribution in [0.15, 0.2) is 24.4 Å². The maximum Gasteiger partial charge on any atom is 0.165 e. The molecule has 1 N–H and O–H groups in total. The number of H-pyrrole nitrogens is 1. The second-order valence-electron chi connectivity index (χ2n) is 7.03. The summed E-state index contributed by atoms with van der Waals surface area (Å²) in [4.78, 5) is 2.52. The molecule has 1 aromatic heterocycles. The van der Waals surface area contributed by atoms with Gasteiger partial charge in [-0.05, 0) is 63.7 Å². The van der Waals surface area contributed by atoms with Gasteiger partial charge in [-0.25, -0.2) is 0 Å². The quantitative estimate of drug-likeness (QED) is 0.766. The average molecular weight is 357 g/mol. The lowest BCUT2D eigenvalue weighted by Crippen LogP contribution is -2.32. The SMILES string of the molecule is CCCOc1c(CN2CCC(c3cn[nH]c3C)CC2)cccc1OCC. The van der Waals surface area contributed by atoms with E-state index in [1.54, 1.807) is 0 Å². The van der Waals surface area contributed by atoms with E-state index in [0.29, 0.717) is 12.5 Å². The Labute approximate surface area is 156 Å². The van der Waals surface area contributed by atoms with Crippen LogP contribution in [0.2, 0.25) is 0 Å². The molecule has 0 atom stereocenters. The number of nitrogens with one attached hydrogen (secondary N) is 1. The highest BCUT2D eigenvalue weighted by molar-refractivity contribution is 5.46. The maximum atomic E-state index is 6.04. The number of para-hydroxylation sites is 1. The smallest absolute Gasteiger partial charge is 0.165 e. The molecule has 0 amide bonds. The third-order valence-electron chi connectivity index (χ3n) is 5.10. The minimum absolute atomic E-state index is 0.621. The van der Waals surface area contributed by atoms with Crippen molar-refractivity contribution in [3.8, 4) is 11.5 Å². The van der Waals surface area contributed by atoms with E-state index in [0.717, 1.165) is 44.2 Å². The van der Waals surface area contributed by atoms with Crippen LogP contribution in [-0.4, -0.2) is 41.4 Å². The van der Waals surface area contributed by atoms with Crippen molar-refractivity contribution in [2.24, 2.45) is 0 Å². The standard InChI is InChI=1S/C21H31N3O2/c1-4-13-26-21-18(7-6-8-20(21)25-5-2)15-24-11-9-17(10-12-24)19-14-22-23-16(19)3/h6-8,14,17H,4-5,9-13,15H2,1-3H3,(H,22,23). The van der Waals surface area contributed by atoms with Crippen molar-refractivity contribution < 1.29 is 9.47 Å². The predicted molar refractivity (Wildman–Crippen MR) is 104 cm³/mol. The number of hydrogen-bond donors (Lipinski definition) is 1. The fraction of sp³-hybridized carbons (Fsp3) is 0.571. The summed E-state index contributed by atoms with van der Waals surface area (Å²) >= 11 is 0. The summed E-state index contributed by atoms with van der Waals surface area (Å²) in [5, 5.41) is 7.25. The molecule has 5 nitrogen and oxygen atoms in total. The molecule has 0 unspecified atom stereocenters. The van der Waals surface area contributed by atoms with Gasteiger partial charge in [-0.1, -0.05) is 19.1 Å². The normalized spacial score (nSPS) is 16.0. The summed E-state index contributed by atoms with van der Waals surface area (Å²) in [7, 11) is 0. The van der Waals surface area contributed by atoms with E-state index >= 15 is 0 Å².